The first-order valence-electron chi connectivity index (χ1n) is 8.77. The number of halogens is 3. The van der Waals surface area contributed by atoms with Crippen molar-refractivity contribution in [1.29, 1.82) is 0 Å². The Kier molecular flexibility index (Phi) is 7.83. The molecule has 0 bridgehead atoms. The van der Waals surface area contributed by atoms with E-state index in [1.165, 1.54) is 33.6 Å². The molecule has 0 saturated carbocycles. The average Bonchev–Trinajstić information content (AvgIpc) is 2.72. The van der Waals surface area contributed by atoms with Gasteiger partial charge in [-0.3, -0.25) is 9.59 Å². The van der Waals surface area contributed by atoms with Gasteiger partial charge in [0.25, 0.3) is 0 Å². The standard InChI is InChI=1S/C20H20F3N3O5/c1-29-15-7-12(8-16(30-2)19(15)31-3)11-24-26-18(28)10-17(27)25-14-6-4-5-13(9-14)20(21,22)23/h4-9,11H,10H2,1-3H3,(H,25,27)(H,26,28). The zero-order valence-corrected chi connectivity index (χ0v) is 16.9. The molecule has 2 N–H and O–H groups in total. The summed E-state index contributed by atoms with van der Waals surface area (Å²) in [5, 5.41) is 5.99. The molecule has 0 spiro atoms. The van der Waals surface area contributed by atoms with Crippen molar-refractivity contribution in [3.8, 4) is 17.2 Å². The van der Waals surface area contributed by atoms with Crippen LogP contribution in [0.3, 0.4) is 0 Å². The highest BCUT2D eigenvalue weighted by molar-refractivity contribution is 6.03. The van der Waals surface area contributed by atoms with Gasteiger partial charge in [-0.05, 0) is 30.3 Å². The van der Waals surface area contributed by atoms with Crippen molar-refractivity contribution in [2.24, 2.45) is 5.10 Å². The van der Waals surface area contributed by atoms with Gasteiger partial charge >= 0.3 is 6.18 Å². The van der Waals surface area contributed by atoms with Crippen molar-refractivity contribution in [3.05, 3.63) is 47.5 Å². The lowest BCUT2D eigenvalue weighted by Crippen LogP contribution is -2.24. The smallest absolute Gasteiger partial charge is 0.416 e. The zero-order valence-electron chi connectivity index (χ0n) is 16.9. The van der Waals surface area contributed by atoms with Crippen molar-refractivity contribution in [2.75, 3.05) is 26.6 Å². The first kappa shape index (κ1) is 23.5. The Hall–Kier alpha value is -3.76. The molecule has 0 fully saturated rings. The average molecular weight is 439 g/mol. The van der Waals surface area contributed by atoms with Crippen LogP contribution in [0.4, 0.5) is 18.9 Å². The molecule has 166 valence electrons. The quantitative estimate of drug-likeness (QED) is 0.374. The molecule has 0 saturated heterocycles. The highest BCUT2D eigenvalue weighted by Crippen LogP contribution is 2.37. The number of benzene rings is 2. The van der Waals surface area contributed by atoms with Crippen molar-refractivity contribution in [1.82, 2.24) is 5.43 Å². The Morgan fingerprint density at radius 3 is 2.19 bits per heavy atom. The van der Waals surface area contributed by atoms with Gasteiger partial charge in [0.05, 0.1) is 33.1 Å². The normalized spacial score (nSPS) is 11.2. The SMILES string of the molecule is COc1cc(C=NNC(=O)CC(=O)Nc2cccc(C(F)(F)F)c2)cc(OC)c1OC. The van der Waals surface area contributed by atoms with Gasteiger partial charge in [-0.2, -0.15) is 18.3 Å². The monoisotopic (exact) mass is 439 g/mol. The molecule has 0 aliphatic heterocycles. The Morgan fingerprint density at radius 1 is 1.00 bits per heavy atom. The van der Waals surface area contributed by atoms with E-state index in [0.29, 0.717) is 22.8 Å². The summed E-state index contributed by atoms with van der Waals surface area (Å²) in [4.78, 5) is 23.8. The van der Waals surface area contributed by atoms with Gasteiger partial charge in [-0.25, -0.2) is 5.43 Å². The molecule has 0 aromatic heterocycles. The van der Waals surface area contributed by atoms with Gasteiger partial charge in [-0.1, -0.05) is 6.07 Å². The minimum Gasteiger partial charge on any atom is -0.493 e. The third kappa shape index (κ3) is 6.63. The number of methoxy groups -OCH3 is 3. The summed E-state index contributed by atoms with van der Waals surface area (Å²) in [6, 6.07) is 7.28. The fourth-order valence-electron chi connectivity index (χ4n) is 2.52. The topological polar surface area (TPSA) is 98.2 Å². The number of hydrogen-bond acceptors (Lipinski definition) is 6. The van der Waals surface area contributed by atoms with Crippen LogP contribution in [0.25, 0.3) is 0 Å². The maximum atomic E-state index is 12.7. The van der Waals surface area contributed by atoms with E-state index in [1.807, 2.05) is 0 Å². The van der Waals surface area contributed by atoms with Crippen molar-refractivity contribution in [3.63, 3.8) is 0 Å². The first-order valence-corrected chi connectivity index (χ1v) is 8.77. The Bertz CT molecular complexity index is 952. The Balaban J connectivity index is 1.96. The van der Waals surface area contributed by atoms with E-state index in [9.17, 15) is 22.8 Å². The minimum absolute atomic E-state index is 0.0754. The van der Waals surface area contributed by atoms with E-state index in [0.717, 1.165) is 18.2 Å². The van der Waals surface area contributed by atoms with Gasteiger partial charge in [0.1, 0.15) is 6.42 Å². The van der Waals surface area contributed by atoms with Gasteiger partial charge in [-0.15, -0.1) is 0 Å². The summed E-state index contributed by atoms with van der Waals surface area (Å²) in [6.45, 7) is 0. The number of nitrogens with zero attached hydrogens (tertiary/aromatic N) is 1. The van der Waals surface area contributed by atoms with Crippen molar-refractivity contribution < 1.29 is 37.0 Å². The Labute approximate surface area is 176 Å². The molecule has 2 amide bonds. The fourth-order valence-corrected chi connectivity index (χ4v) is 2.52. The molecule has 0 aliphatic rings. The summed E-state index contributed by atoms with van der Waals surface area (Å²) in [6.07, 6.45) is -3.88. The molecule has 0 heterocycles. The summed E-state index contributed by atoms with van der Waals surface area (Å²) < 4.78 is 53.8. The number of carbonyl (C=O) groups is 2. The van der Waals surface area contributed by atoms with Crippen LogP contribution < -0.4 is 25.0 Å². The first-order chi connectivity index (χ1) is 14.7. The number of amides is 2. The summed E-state index contributed by atoms with van der Waals surface area (Å²) in [7, 11) is 4.35. The van der Waals surface area contributed by atoms with Gasteiger partial charge in [0, 0.05) is 11.3 Å². The molecule has 0 atom stereocenters. The molecule has 2 aromatic rings. The summed E-state index contributed by atoms with van der Waals surface area (Å²) in [5.41, 5.74) is 1.69. The molecular weight excluding hydrogens is 419 g/mol. The number of alkyl halides is 3. The van der Waals surface area contributed by atoms with Crippen LogP contribution >= 0.6 is 0 Å². The molecule has 0 radical (unpaired) electrons. The van der Waals surface area contributed by atoms with Crippen LogP contribution in [0.15, 0.2) is 41.5 Å². The molecule has 2 aromatic carbocycles. The number of rotatable bonds is 8. The lowest BCUT2D eigenvalue weighted by Gasteiger charge is -2.12. The van der Waals surface area contributed by atoms with Crippen LogP contribution in [-0.2, 0) is 15.8 Å². The number of ether oxygens (including phenoxy) is 3. The van der Waals surface area contributed by atoms with Crippen molar-refractivity contribution >= 4 is 23.7 Å². The maximum absolute atomic E-state index is 12.7. The highest BCUT2D eigenvalue weighted by Gasteiger charge is 2.30. The van der Waals surface area contributed by atoms with Gasteiger partial charge in [0.2, 0.25) is 17.6 Å². The van der Waals surface area contributed by atoms with Crippen LogP contribution in [0.1, 0.15) is 17.5 Å². The number of nitrogens with one attached hydrogen (secondary N) is 2. The lowest BCUT2D eigenvalue weighted by atomic mass is 10.2. The van der Waals surface area contributed by atoms with Gasteiger partial charge in [0.15, 0.2) is 11.5 Å². The van der Waals surface area contributed by atoms with E-state index in [2.05, 4.69) is 15.8 Å². The lowest BCUT2D eigenvalue weighted by molar-refractivity contribution is -0.137. The molecule has 0 aliphatic carbocycles. The molecule has 8 nitrogen and oxygen atoms in total. The largest absolute Gasteiger partial charge is 0.493 e. The van der Waals surface area contributed by atoms with Crippen LogP contribution in [0, 0.1) is 0 Å². The van der Waals surface area contributed by atoms with Crippen LogP contribution in [-0.4, -0.2) is 39.4 Å². The van der Waals surface area contributed by atoms with E-state index < -0.39 is 30.0 Å². The second-order valence-electron chi connectivity index (χ2n) is 6.06. The third-order valence-electron chi connectivity index (χ3n) is 3.88. The second-order valence-corrected chi connectivity index (χ2v) is 6.06. The second kappa shape index (κ2) is 10.3. The molecule has 2 rings (SSSR count). The number of carbonyl (C=O) groups excluding carboxylic acids is 2. The predicted molar refractivity (Wildman–Crippen MR) is 107 cm³/mol. The van der Waals surface area contributed by atoms with Gasteiger partial charge < -0.3 is 19.5 Å². The van der Waals surface area contributed by atoms with Crippen LogP contribution in [0.2, 0.25) is 0 Å². The van der Waals surface area contributed by atoms with Crippen molar-refractivity contribution in [2.45, 2.75) is 12.6 Å². The molecule has 31 heavy (non-hydrogen) atoms. The molecule has 11 heteroatoms. The van der Waals surface area contributed by atoms with Crippen LogP contribution in [0.5, 0.6) is 17.2 Å². The maximum Gasteiger partial charge on any atom is 0.416 e. The molecule has 0 unspecified atom stereocenters. The van der Waals surface area contributed by atoms with E-state index in [1.54, 1.807) is 12.1 Å². The number of hydrazone groups is 1. The fraction of sp³-hybridized carbons (Fsp3) is 0.250. The molecular formula is C20H20F3N3O5. The third-order valence-corrected chi connectivity index (χ3v) is 3.88. The predicted octanol–water partition coefficient (Wildman–Crippen LogP) is 3.21. The zero-order chi connectivity index (χ0) is 23.0. The highest BCUT2D eigenvalue weighted by atomic mass is 19.4. The Morgan fingerprint density at radius 2 is 1.65 bits per heavy atom. The summed E-state index contributed by atoms with van der Waals surface area (Å²) in [5.74, 6) is -0.393. The number of anilines is 1. The number of hydrogen-bond donors (Lipinski definition) is 2. The van der Waals surface area contributed by atoms with E-state index in [4.69, 9.17) is 14.2 Å². The minimum atomic E-state index is -4.54. The van der Waals surface area contributed by atoms with E-state index in [-0.39, 0.29) is 5.69 Å². The summed E-state index contributed by atoms with van der Waals surface area (Å²) >= 11 is 0. The van der Waals surface area contributed by atoms with E-state index >= 15 is 0 Å².